The van der Waals surface area contributed by atoms with Crippen LogP contribution >= 0.6 is 27.5 Å². The van der Waals surface area contributed by atoms with Gasteiger partial charge < -0.3 is 15.0 Å². The largest absolute Gasteiger partial charge is 0.494 e. The molecule has 3 aromatic rings. The summed E-state index contributed by atoms with van der Waals surface area (Å²) in [5.41, 5.74) is 0.953. The fourth-order valence-electron chi connectivity index (χ4n) is 5.23. The van der Waals surface area contributed by atoms with Crippen molar-refractivity contribution in [2.45, 2.75) is 69.5 Å². The predicted molar refractivity (Wildman–Crippen MR) is 173 cm³/mol. The third kappa shape index (κ3) is 8.31. The van der Waals surface area contributed by atoms with Crippen LogP contribution in [0.4, 0.5) is 5.69 Å². The third-order valence-electron chi connectivity index (χ3n) is 7.50. The van der Waals surface area contributed by atoms with Crippen LogP contribution in [-0.4, -0.2) is 50.4 Å². The van der Waals surface area contributed by atoms with Crippen molar-refractivity contribution < 1.29 is 22.7 Å². The fourth-order valence-corrected chi connectivity index (χ4v) is 7.11. The van der Waals surface area contributed by atoms with Crippen LogP contribution < -0.4 is 14.4 Å². The summed E-state index contributed by atoms with van der Waals surface area (Å²) in [6, 6.07) is 19.2. The Morgan fingerprint density at radius 2 is 1.65 bits per heavy atom. The Morgan fingerprint density at radius 1 is 1.00 bits per heavy atom. The van der Waals surface area contributed by atoms with Crippen LogP contribution in [0.2, 0.25) is 5.02 Å². The van der Waals surface area contributed by atoms with E-state index in [1.807, 2.05) is 19.9 Å². The molecule has 0 aromatic heterocycles. The van der Waals surface area contributed by atoms with Crippen molar-refractivity contribution in [3.8, 4) is 5.75 Å². The molecule has 1 aliphatic carbocycles. The van der Waals surface area contributed by atoms with E-state index in [1.165, 1.54) is 17.0 Å². The van der Waals surface area contributed by atoms with E-state index in [0.29, 0.717) is 35.1 Å². The second-order valence-electron chi connectivity index (χ2n) is 10.4. The molecule has 1 atom stereocenters. The number of sulfonamides is 1. The van der Waals surface area contributed by atoms with E-state index < -0.39 is 28.5 Å². The summed E-state index contributed by atoms with van der Waals surface area (Å²) in [5, 5.41) is 3.57. The fraction of sp³-hybridized carbons (Fsp3) is 0.375. The number of rotatable bonds is 13. The van der Waals surface area contributed by atoms with Gasteiger partial charge in [0.2, 0.25) is 11.8 Å². The van der Waals surface area contributed by atoms with Crippen LogP contribution in [0, 0.1) is 0 Å². The number of amides is 2. The van der Waals surface area contributed by atoms with E-state index in [9.17, 15) is 18.0 Å². The molecule has 0 spiro atoms. The van der Waals surface area contributed by atoms with Gasteiger partial charge in [0.1, 0.15) is 18.3 Å². The lowest BCUT2D eigenvalue weighted by Gasteiger charge is -2.34. The van der Waals surface area contributed by atoms with Crippen LogP contribution in [0.25, 0.3) is 0 Å². The normalized spacial score (nSPS) is 14.2. The molecule has 11 heteroatoms. The summed E-state index contributed by atoms with van der Waals surface area (Å²) >= 11 is 9.84. The Labute approximate surface area is 267 Å². The maximum Gasteiger partial charge on any atom is 0.264 e. The predicted octanol–water partition coefficient (Wildman–Crippen LogP) is 6.56. The molecular weight excluding hydrogens is 654 g/mol. The summed E-state index contributed by atoms with van der Waals surface area (Å²) in [7, 11) is -4.18. The van der Waals surface area contributed by atoms with Crippen LogP contribution in [0.5, 0.6) is 5.75 Å². The number of hydrogen-bond acceptors (Lipinski definition) is 5. The molecule has 0 saturated heterocycles. The van der Waals surface area contributed by atoms with Crippen LogP contribution in [0.1, 0.15) is 51.5 Å². The molecule has 4 rings (SSSR count). The maximum absolute atomic E-state index is 14.3. The first-order valence-corrected chi connectivity index (χ1v) is 17.1. The second-order valence-corrected chi connectivity index (χ2v) is 13.6. The number of nitrogens with one attached hydrogen (secondary N) is 1. The van der Waals surface area contributed by atoms with E-state index >= 15 is 0 Å². The topological polar surface area (TPSA) is 96.0 Å². The summed E-state index contributed by atoms with van der Waals surface area (Å²) in [6.07, 6.45) is 4.25. The lowest BCUT2D eigenvalue weighted by Crippen LogP contribution is -2.53. The molecule has 1 saturated carbocycles. The van der Waals surface area contributed by atoms with E-state index in [4.69, 9.17) is 16.3 Å². The molecule has 230 valence electrons. The lowest BCUT2D eigenvalue weighted by atomic mass is 10.1. The molecule has 0 bridgehead atoms. The van der Waals surface area contributed by atoms with Gasteiger partial charge in [0, 0.05) is 22.1 Å². The number of ether oxygens (including phenoxy) is 1. The monoisotopic (exact) mass is 689 g/mol. The lowest BCUT2D eigenvalue weighted by molar-refractivity contribution is -0.140. The highest BCUT2D eigenvalue weighted by atomic mass is 79.9. The number of nitrogens with zero attached hydrogens (tertiary/aromatic N) is 2. The summed E-state index contributed by atoms with van der Waals surface area (Å²) in [4.78, 5) is 29.3. The maximum atomic E-state index is 14.3. The van der Waals surface area contributed by atoms with Gasteiger partial charge in [0.15, 0.2) is 0 Å². The molecule has 1 aliphatic rings. The summed E-state index contributed by atoms with van der Waals surface area (Å²) in [6.45, 7) is 3.68. The van der Waals surface area contributed by atoms with Crippen molar-refractivity contribution in [3.05, 3.63) is 87.9 Å². The standard InChI is InChI=1S/C32H37BrClN3O5S/c1-3-30(32(39)35-25-10-6-7-11-25)36(21-23-9-5-8-12-29(23)34)31(38)22-37(26-15-17-27(18-16-26)42-4-2)43(40,41)28-19-13-24(33)14-20-28/h5,8-9,12-20,25,30H,3-4,6-7,10-11,21-22H2,1-2H3,(H,35,39)/t30-/m1/s1. The minimum absolute atomic E-state index is 0.0288. The zero-order chi connectivity index (χ0) is 31.0. The Morgan fingerprint density at radius 3 is 2.26 bits per heavy atom. The highest BCUT2D eigenvalue weighted by molar-refractivity contribution is 9.10. The molecule has 1 N–H and O–H groups in total. The van der Waals surface area contributed by atoms with Gasteiger partial charge in [-0.1, -0.05) is 65.5 Å². The van der Waals surface area contributed by atoms with Gasteiger partial charge in [0.25, 0.3) is 10.0 Å². The molecule has 0 unspecified atom stereocenters. The first-order chi connectivity index (χ1) is 20.6. The average Bonchev–Trinajstić information content (AvgIpc) is 3.50. The molecule has 2 amide bonds. The summed E-state index contributed by atoms with van der Waals surface area (Å²) < 4.78 is 35.4. The van der Waals surface area contributed by atoms with E-state index in [-0.39, 0.29) is 23.4 Å². The number of anilines is 1. The molecule has 0 aliphatic heterocycles. The Hall–Kier alpha value is -3.08. The zero-order valence-corrected chi connectivity index (χ0v) is 27.5. The van der Waals surface area contributed by atoms with Gasteiger partial charge in [-0.25, -0.2) is 8.42 Å². The summed E-state index contributed by atoms with van der Waals surface area (Å²) in [5.74, 6) is -0.199. The van der Waals surface area contributed by atoms with Gasteiger partial charge in [-0.2, -0.15) is 0 Å². The minimum Gasteiger partial charge on any atom is -0.494 e. The molecule has 0 heterocycles. The van der Waals surface area contributed by atoms with Gasteiger partial charge in [0.05, 0.1) is 17.2 Å². The third-order valence-corrected chi connectivity index (χ3v) is 10.2. The molecule has 1 fully saturated rings. The first kappa shape index (κ1) is 32.8. The van der Waals surface area contributed by atoms with Crippen molar-refractivity contribution >= 4 is 55.1 Å². The van der Waals surface area contributed by atoms with Crippen LogP contribution in [0.15, 0.2) is 82.2 Å². The number of carbonyl (C=O) groups is 2. The van der Waals surface area contributed by atoms with Gasteiger partial charge in [-0.15, -0.1) is 0 Å². The second kappa shape index (κ2) is 15.1. The van der Waals surface area contributed by atoms with Crippen LogP contribution in [0.3, 0.4) is 0 Å². The van der Waals surface area contributed by atoms with Gasteiger partial charge >= 0.3 is 0 Å². The highest BCUT2D eigenvalue weighted by Gasteiger charge is 2.34. The number of carbonyl (C=O) groups excluding carboxylic acids is 2. The molecule has 43 heavy (non-hydrogen) atoms. The first-order valence-electron chi connectivity index (χ1n) is 14.5. The van der Waals surface area contributed by atoms with Gasteiger partial charge in [-0.05, 0) is 86.3 Å². The quantitative estimate of drug-likeness (QED) is 0.219. The zero-order valence-electron chi connectivity index (χ0n) is 24.3. The van der Waals surface area contributed by atoms with Crippen molar-refractivity contribution in [1.82, 2.24) is 10.2 Å². The van der Waals surface area contributed by atoms with Crippen molar-refractivity contribution in [3.63, 3.8) is 0 Å². The SMILES string of the molecule is CCOc1ccc(N(CC(=O)N(Cc2ccccc2Cl)[C@H](CC)C(=O)NC2CCCC2)S(=O)(=O)c2ccc(Br)cc2)cc1. The highest BCUT2D eigenvalue weighted by Crippen LogP contribution is 2.28. The number of hydrogen-bond donors (Lipinski definition) is 1. The molecular formula is C32H37BrClN3O5S. The van der Waals surface area contributed by atoms with Crippen LogP contribution in [-0.2, 0) is 26.2 Å². The minimum atomic E-state index is -4.18. The van der Waals surface area contributed by atoms with Crippen molar-refractivity contribution in [2.24, 2.45) is 0 Å². The molecule has 3 aromatic carbocycles. The average molecular weight is 691 g/mol. The van der Waals surface area contributed by atoms with Crippen molar-refractivity contribution in [2.75, 3.05) is 17.5 Å². The Kier molecular flexibility index (Phi) is 11.5. The number of halogens is 2. The van der Waals surface area contributed by atoms with E-state index in [1.54, 1.807) is 54.6 Å². The molecule has 8 nitrogen and oxygen atoms in total. The Bertz CT molecular complexity index is 1500. The van der Waals surface area contributed by atoms with Gasteiger partial charge in [-0.3, -0.25) is 13.9 Å². The smallest absolute Gasteiger partial charge is 0.264 e. The molecule has 0 radical (unpaired) electrons. The van der Waals surface area contributed by atoms with E-state index in [2.05, 4.69) is 21.2 Å². The Balaban J connectivity index is 1.72. The number of benzene rings is 3. The van der Waals surface area contributed by atoms with Crippen molar-refractivity contribution in [1.29, 1.82) is 0 Å². The van der Waals surface area contributed by atoms with E-state index in [0.717, 1.165) is 34.5 Å².